The van der Waals surface area contributed by atoms with Crippen molar-refractivity contribution in [2.75, 3.05) is 19.6 Å². The van der Waals surface area contributed by atoms with Gasteiger partial charge < -0.3 is 55.5 Å². The first-order chi connectivity index (χ1) is 20.4. The Morgan fingerprint density at radius 2 is 1.21 bits per heavy atom. The van der Waals surface area contributed by atoms with Gasteiger partial charge in [0.1, 0.15) is 18.1 Å². The molecule has 4 unspecified atom stereocenters. The molecule has 240 valence electrons. The summed E-state index contributed by atoms with van der Waals surface area (Å²) in [6.45, 7) is 0.873. The van der Waals surface area contributed by atoms with Gasteiger partial charge in [-0.1, -0.05) is 30.3 Å². The Balaban J connectivity index is 3.10. The molecule has 16 N–H and O–H groups in total. The highest BCUT2D eigenvalue weighted by Crippen LogP contribution is 2.08. The van der Waals surface area contributed by atoms with Crippen molar-refractivity contribution < 1.29 is 24.3 Å². The molecule has 1 aromatic carbocycles. The highest BCUT2D eigenvalue weighted by molar-refractivity contribution is 5.94. The average molecular weight is 606 g/mol. The minimum atomic E-state index is -1.20. The smallest absolute Gasteiger partial charge is 0.326 e. The minimum Gasteiger partial charge on any atom is -0.480 e. The van der Waals surface area contributed by atoms with Crippen LogP contribution in [0.25, 0.3) is 0 Å². The van der Waals surface area contributed by atoms with E-state index in [0.717, 1.165) is 5.56 Å². The van der Waals surface area contributed by atoms with Crippen LogP contribution in [-0.2, 0) is 25.6 Å². The summed E-state index contributed by atoms with van der Waals surface area (Å²) in [6, 6.07) is 4.57. The van der Waals surface area contributed by atoms with E-state index < -0.39 is 47.9 Å². The van der Waals surface area contributed by atoms with E-state index in [4.69, 9.17) is 34.4 Å². The molecule has 0 fully saturated rings. The summed E-state index contributed by atoms with van der Waals surface area (Å²) in [4.78, 5) is 59.2. The van der Waals surface area contributed by atoms with E-state index >= 15 is 0 Å². The number of carboxylic acid groups (broad SMARTS) is 1. The topological polar surface area (TPSA) is 305 Å². The van der Waals surface area contributed by atoms with Crippen molar-refractivity contribution in [1.29, 1.82) is 0 Å². The van der Waals surface area contributed by atoms with Gasteiger partial charge in [0.25, 0.3) is 0 Å². The molecule has 0 bridgehead atoms. The minimum absolute atomic E-state index is 0.0742. The summed E-state index contributed by atoms with van der Waals surface area (Å²) in [5.74, 6) is -3.31. The SMILES string of the molecule is NCCCCC(NC(=O)C(Cc1ccccc1)NC(=O)C(CCCN=C(N)N)NC(=O)C(N)CCCN=C(N)N)C(=O)O. The van der Waals surface area contributed by atoms with Crippen LogP contribution < -0.4 is 50.4 Å². The van der Waals surface area contributed by atoms with E-state index in [1.165, 1.54) is 0 Å². The summed E-state index contributed by atoms with van der Waals surface area (Å²) >= 11 is 0. The second kappa shape index (κ2) is 20.4. The Hall–Kier alpha value is -4.44. The molecule has 43 heavy (non-hydrogen) atoms. The fourth-order valence-electron chi connectivity index (χ4n) is 4.06. The standard InChI is InChI=1S/C27H47N11O5/c28-13-5-4-11-20(25(42)43)37-24(41)21(16-17-8-2-1-3-9-17)38-23(40)19(12-7-15-35-27(32)33)36-22(39)18(29)10-6-14-34-26(30)31/h1-3,8-9,18-21H,4-7,10-16,28-29H2,(H,36,39)(H,37,41)(H,38,40)(H,42,43)(H4,30,31,34)(H4,32,33,35). The van der Waals surface area contributed by atoms with Crippen molar-refractivity contribution in [2.45, 2.75) is 75.5 Å². The molecule has 0 spiro atoms. The summed E-state index contributed by atoms with van der Waals surface area (Å²) in [5.41, 5.74) is 33.6. The van der Waals surface area contributed by atoms with Crippen molar-refractivity contribution in [3.8, 4) is 0 Å². The number of nitrogens with two attached hydrogens (primary N) is 6. The Bertz CT molecular complexity index is 1080. The van der Waals surface area contributed by atoms with Crippen LogP contribution in [0.1, 0.15) is 50.5 Å². The van der Waals surface area contributed by atoms with Crippen LogP contribution in [0.4, 0.5) is 0 Å². The Kier molecular flexibility index (Phi) is 17.4. The monoisotopic (exact) mass is 605 g/mol. The Morgan fingerprint density at radius 1 is 0.698 bits per heavy atom. The molecule has 0 radical (unpaired) electrons. The molecule has 1 aromatic rings. The number of carbonyl (C=O) groups is 4. The lowest BCUT2D eigenvalue weighted by atomic mass is 10.0. The highest BCUT2D eigenvalue weighted by atomic mass is 16.4. The number of guanidine groups is 2. The number of aliphatic carboxylic acids is 1. The molecule has 0 aliphatic carbocycles. The number of nitrogens with zero attached hydrogens (tertiary/aromatic N) is 2. The molecule has 3 amide bonds. The third kappa shape index (κ3) is 16.0. The maximum Gasteiger partial charge on any atom is 0.326 e. The molecule has 16 nitrogen and oxygen atoms in total. The molecule has 0 saturated carbocycles. The van der Waals surface area contributed by atoms with Gasteiger partial charge in [0.15, 0.2) is 11.9 Å². The third-order valence-electron chi connectivity index (χ3n) is 6.36. The Morgan fingerprint density at radius 3 is 1.77 bits per heavy atom. The maximum atomic E-state index is 13.5. The second-order valence-electron chi connectivity index (χ2n) is 10.0. The number of unbranched alkanes of at least 4 members (excludes halogenated alkanes) is 1. The first kappa shape index (κ1) is 36.6. The fraction of sp³-hybridized carbons (Fsp3) is 0.556. The van der Waals surface area contributed by atoms with Gasteiger partial charge in [-0.25, -0.2) is 4.79 Å². The first-order valence-electron chi connectivity index (χ1n) is 14.2. The number of hydrogen-bond donors (Lipinski definition) is 10. The van der Waals surface area contributed by atoms with Crippen molar-refractivity contribution in [2.24, 2.45) is 44.4 Å². The van der Waals surface area contributed by atoms with Crippen LogP contribution in [-0.4, -0.2) is 84.5 Å². The third-order valence-corrected chi connectivity index (χ3v) is 6.36. The quantitative estimate of drug-likeness (QED) is 0.0391. The fourth-order valence-corrected chi connectivity index (χ4v) is 4.06. The summed E-state index contributed by atoms with van der Waals surface area (Å²) in [6.07, 6.45) is 2.50. The van der Waals surface area contributed by atoms with Gasteiger partial charge in [-0.15, -0.1) is 0 Å². The van der Waals surface area contributed by atoms with Crippen molar-refractivity contribution in [3.63, 3.8) is 0 Å². The van der Waals surface area contributed by atoms with Crippen LogP contribution in [0.5, 0.6) is 0 Å². The molecule has 4 atom stereocenters. The van der Waals surface area contributed by atoms with E-state index in [2.05, 4.69) is 25.9 Å². The van der Waals surface area contributed by atoms with E-state index in [0.29, 0.717) is 32.2 Å². The van der Waals surface area contributed by atoms with Crippen LogP contribution in [0, 0.1) is 0 Å². The number of nitrogens with one attached hydrogen (secondary N) is 3. The van der Waals surface area contributed by atoms with Crippen molar-refractivity contribution in [3.05, 3.63) is 35.9 Å². The summed E-state index contributed by atoms with van der Waals surface area (Å²) < 4.78 is 0. The normalized spacial score (nSPS) is 13.4. The van der Waals surface area contributed by atoms with Gasteiger partial charge in [-0.2, -0.15) is 0 Å². The molecule has 0 aromatic heterocycles. The highest BCUT2D eigenvalue weighted by Gasteiger charge is 2.30. The maximum absolute atomic E-state index is 13.5. The largest absolute Gasteiger partial charge is 0.480 e. The summed E-state index contributed by atoms with van der Waals surface area (Å²) in [7, 11) is 0. The predicted molar refractivity (Wildman–Crippen MR) is 164 cm³/mol. The number of hydrogen-bond acceptors (Lipinski definition) is 8. The zero-order valence-electron chi connectivity index (χ0n) is 24.4. The second-order valence-corrected chi connectivity index (χ2v) is 10.0. The Labute approximate surface area is 251 Å². The van der Waals surface area contributed by atoms with Gasteiger partial charge in [0.05, 0.1) is 6.04 Å². The number of rotatable bonds is 21. The van der Waals surface area contributed by atoms with Gasteiger partial charge >= 0.3 is 5.97 Å². The molecular formula is C27H47N11O5. The van der Waals surface area contributed by atoms with Crippen molar-refractivity contribution in [1.82, 2.24) is 16.0 Å². The number of amides is 3. The lowest BCUT2D eigenvalue weighted by Gasteiger charge is -2.25. The number of aliphatic imine (C=N–C) groups is 2. The van der Waals surface area contributed by atoms with Crippen molar-refractivity contribution >= 4 is 35.6 Å². The first-order valence-corrected chi connectivity index (χ1v) is 14.2. The molecule has 16 heteroatoms. The zero-order valence-corrected chi connectivity index (χ0v) is 24.4. The summed E-state index contributed by atoms with van der Waals surface area (Å²) in [5, 5.41) is 17.5. The van der Waals surface area contributed by atoms with E-state index in [-0.39, 0.29) is 50.7 Å². The van der Waals surface area contributed by atoms with Gasteiger partial charge in [0, 0.05) is 19.5 Å². The lowest BCUT2D eigenvalue weighted by molar-refractivity contribution is -0.142. The van der Waals surface area contributed by atoms with E-state index in [9.17, 15) is 24.3 Å². The van der Waals surface area contributed by atoms with Crippen LogP contribution in [0.2, 0.25) is 0 Å². The zero-order chi connectivity index (χ0) is 32.2. The van der Waals surface area contributed by atoms with E-state index in [1.54, 1.807) is 30.3 Å². The molecular weight excluding hydrogens is 558 g/mol. The number of carboxylic acids is 1. The number of carbonyl (C=O) groups excluding carboxylic acids is 3. The number of benzene rings is 1. The van der Waals surface area contributed by atoms with E-state index in [1.807, 2.05) is 0 Å². The molecule has 0 aliphatic heterocycles. The van der Waals surface area contributed by atoms with Gasteiger partial charge in [-0.05, 0) is 57.1 Å². The molecule has 1 rings (SSSR count). The molecule has 0 saturated heterocycles. The van der Waals surface area contributed by atoms with Crippen LogP contribution in [0.15, 0.2) is 40.3 Å². The molecule has 0 heterocycles. The molecule has 0 aliphatic rings. The van der Waals surface area contributed by atoms with Gasteiger partial charge in [0.2, 0.25) is 17.7 Å². The average Bonchev–Trinajstić information content (AvgIpc) is 2.95. The predicted octanol–water partition coefficient (Wildman–Crippen LogP) is -2.67. The van der Waals surface area contributed by atoms with Crippen LogP contribution >= 0.6 is 0 Å². The van der Waals surface area contributed by atoms with Crippen LogP contribution in [0.3, 0.4) is 0 Å². The van der Waals surface area contributed by atoms with Gasteiger partial charge in [-0.3, -0.25) is 24.4 Å². The lowest BCUT2D eigenvalue weighted by Crippen LogP contribution is -2.57.